The van der Waals surface area contributed by atoms with Crippen molar-refractivity contribution >= 4 is 29.9 Å². The van der Waals surface area contributed by atoms with Crippen molar-refractivity contribution in [3.63, 3.8) is 0 Å². The quantitative estimate of drug-likeness (QED) is 0.320. The predicted molar refractivity (Wildman–Crippen MR) is 127 cm³/mol. The highest BCUT2D eigenvalue weighted by atomic mass is 127. The van der Waals surface area contributed by atoms with Crippen LogP contribution in [0.2, 0.25) is 0 Å². The lowest BCUT2D eigenvalue weighted by Gasteiger charge is -2.19. The molecule has 0 atom stereocenters. The van der Waals surface area contributed by atoms with Crippen LogP contribution in [-0.4, -0.2) is 37.7 Å². The van der Waals surface area contributed by atoms with E-state index >= 15 is 0 Å². The Labute approximate surface area is 190 Å². The fourth-order valence-electron chi connectivity index (χ4n) is 3.36. The summed E-state index contributed by atoms with van der Waals surface area (Å²) in [5, 5.41) is 6.71. The molecular formula is C22H31IN4O2. The fraction of sp³-hybridized carbons (Fsp3) is 0.455. The topological polar surface area (TPSA) is 67.8 Å². The molecule has 1 saturated carbocycles. The Kier molecular flexibility index (Phi) is 10.0. The molecule has 29 heavy (non-hydrogen) atoms. The third kappa shape index (κ3) is 7.38. The van der Waals surface area contributed by atoms with E-state index in [1.165, 1.54) is 12.8 Å². The monoisotopic (exact) mass is 510 g/mol. The van der Waals surface area contributed by atoms with Gasteiger partial charge in [-0.3, -0.25) is 9.98 Å². The van der Waals surface area contributed by atoms with Gasteiger partial charge in [0.05, 0.1) is 13.2 Å². The first-order chi connectivity index (χ1) is 13.8. The molecule has 1 aliphatic rings. The zero-order valence-electron chi connectivity index (χ0n) is 17.2. The van der Waals surface area contributed by atoms with Gasteiger partial charge >= 0.3 is 0 Å². The van der Waals surface area contributed by atoms with Gasteiger partial charge in [0.2, 0.25) is 0 Å². The van der Waals surface area contributed by atoms with E-state index in [-0.39, 0.29) is 24.0 Å². The first kappa shape index (κ1) is 23.3. The highest BCUT2D eigenvalue weighted by molar-refractivity contribution is 14.0. The third-order valence-corrected chi connectivity index (χ3v) is 4.94. The Morgan fingerprint density at radius 1 is 1.17 bits per heavy atom. The summed E-state index contributed by atoms with van der Waals surface area (Å²) in [7, 11) is 3.46. The smallest absolute Gasteiger partial charge is 0.191 e. The van der Waals surface area contributed by atoms with Crippen LogP contribution < -0.4 is 20.1 Å². The van der Waals surface area contributed by atoms with Crippen LogP contribution in [0.1, 0.15) is 36.9 Å². The molecule has 1 heterocycles. The average Bonchev–Trinajstić information content (AvgIpc) is 3.25. The van der Waals surface area contributed by atoms with Crippen LogP contribution >= 0.6 is 24.0 Å². The van der Waals surface area contributed by atoms with E-state index in [0.717, 1.165) is 54.5 Å². The molecule has 1 fully saturated rings. The van der Waals surface area contributed by atoms with Crippen LogP contribution in [0, 0.1) is 0 Å². The summed E-state index contributed by atoms with van der Waals surface area (Å²) in [6.07, 6.45) is 7.71. The maximum Gasteiger partial charge on any atom is 0.191 e. The second-order valence-corrected chi connectivity index (χ2v) is 6.92. The van der Waals surface area contributed by atoms with E-state index in [2.05, 4.69) is 26.7 Å². The SMILES string of the molecule is CN=C(NCCc1ccccn1)NCc1ccc(OC)cc1OC1CCCC1.I. The van der Waals surface area contributed by atoms with Gasteiger partial charge in [-0.1, -0.05) is 6.07 Å². The minimum absolute atomic E-state index is 0. The molecule has 7 heteroatoms. The minimum Gasteiger partial charge on any atom is -0.497 e. The normalized spacial score (nSPS) is 14.2. The number of halogens is 1. The molecule has 0 aliphatic heterocycles. The summed E-state index contributed by atoms with van der Waals surface area (Å²) in [4.78, 5) is 8.65. The van der Waals surface area contributed by atoms with Crippen molar-refractivity contribution in [1.29, 1.82) is 0 Å². The Bertz CT molecular complexity index is 765. The lowest BCUT2D eigenvalue weighted by atomic mass is 10.2. The van der Waals surface area contributed by atoms with Crippen LogP contribution in [0.4, 0.5) is 0 Å². The number of hydrogen-bond donors (Lipinski definition) is 2. The maximum atomic E-state index is 6.27. The van der Waals surface area contributed by atoms with Gasteiger partial charge in [0.1, 0.15) is 11.5 Å². The van der Waals surface area contributed by atoms with Crippen LogP contribution in [0.25, 0.3) is 0 Å². The van der Waals surface area contributed by atoms with Gasteiger partial charge in [0, 0.05) is 50.1 Å². The fourth-order valence-corrected chi connectivity index (χ4v) is 3.36. The van der Waals surface area contributed by atoms with E-state index in [0.29, 0.717) is 12.6 Å². The molecule has 3 rings (SSSR count). The largest absolute Gasteiger partial charge is 0.497 e. The van der Waals surface area contributed by atoms with Crippen molar-refractivity contribution in [2.45, 2.75) is 44.8 Å². The summed E-state index contributed by atoms with van der Waals surface area (Å²) in [5.74, 6) is 2.47. The van der Waals surface area contributed by atoms with Gasteiger partial charge in [-0.05, 0) is 49.9 Å². The first-order valence-electron chi connectivity index (χ1n) is 9.96. The van der Waals surface area contributed by atoms with Crippen molar-refractivity contribution < 1.29 is 9.47 Å². The summed E-state index contributed by atoms with van der Waals surface area (Å²) in [6.45, 7) is 1.40. The molecule has 0 unspecified atom stereocenters. The van der Waals surface area contributed by atoms with Gasteiger partial charge in [0.15, 0.2) is 5.96 Å². The Morgan fingerprint density at radius 2 is 2.00 bits per heavy atom. The number of aliphatic imine (C=N–C) groups is 1. The van der Waals surface area contributed by atoms with E-state index in [9.17, 15) is 0 Å². The number of hydrogen-bond acceptors (Lipinski definition) is 4. The van der Waals surface area contributed by atoms with Crippen molar-refractivity contribution in [3.8, 4) is 11.5 Å². The molecule has 0 bridgehead atoms. The number of aromatic nitrogens is 1. The van der Waals surface area contributed by atoms with Gasteiger partial charge in [-0.15, -0.1) is 24.0 Å². The average molecular weight is 510 g/mol. The number of ether oxygens (including phenoxy) is 2. The second-order valence-electron chi connectivity index (χ2n) is 6.92. The van der Waals surface area contributed by atoms with Crippen LogP contribution in [-0.2, 0) is 13.0 Å². The molecule has 2 N–H and O–H groups in total. The highest BCUT2D eigenvalue weighted by Crippen LogP contribution is 2.29. The number of methoxy groups -OCH3 is 1. The van der Waals surface area contributed by atoms with Gasteiger partial charge in [0.25, 0.3) is 0 Å². The summed E-state index contributed by atoms with van der Waals surface area (Å²) in [5.41, 5.74) is 2.16. The number of nitrogens with one attached hydrogen (secondary N) is 2. The number of guanidine groups is 1. The predicted octanol–water partition coefficient (Wildman–Crippen LogP) is 3.94. The Hall–Kier alpha value is -2.03. The standard InChI is InChI=1S/C22H30N4O2.HI/c1-23-22(25-14-12-18-7-5-6-13-24-18)26-16-17-10-11-20(27-2)15-21(17)28-19-8-3-4-9-19;/h5-7,10-11,13,15,19H,3-4,8-9,12,14,16H2,1-2H3,(H2,23,25,26);1H. The van der Waals surface area contributed by atoms with E-state index in [1.54, 1.807) is 14.2 Å². The Morgan fingerprint density at radius 3 is 2.69 bits per heavy atom. The second kappa shape index (κ2) is 12.5. The maximum absolute atomic E-state index is 6.27. The van der Waals surface area contributed by atoms with E-state index in [4.69, 9.17) is 9.47 Å². The number of rotatable bonds is 8. The lowest BCUT2D eigenvalue weighted by molar-refractivity contribution is 0.207. The van der Waals surface area contributed by atoms with E-state index in [1.807, 2.05) is 36.5 Å². The highest BCUT2D eigenvalue weighted by Gasteiger charge is 2.18. The summed E-state index contributed by atoms with van der Waals surface area (Å²) in [6, 6.07) is 12.0. The van der Waals surface area contributed by atoms with Crippen molar-refractivity contribution in [1.82, 2.24) is 15.6 Å². The molecule has 0 radical (unpaired) electrons. The first-order valence-corrected chi connectivity index (χ1v) is 9.96. The molecule has 1 aliphatic carbocycles. The molecular weight excluding hydrogens is 479 g/mol. The van der Waals surface area contributed by atoms with Crippen molar-refractivity contribution in [2.75, 3.05) is 20.7 Å². The van der Waals surface area contributed by atoms with Crippen LogP contribution in [0.3, 0.4) is 0 Å². The molecule has 2 aromatic rings. The summed E-state index contributed by atoms with van der Waals surface area (Å²) < 4.78 is 11.6. The molecule has 0 saturated heterocycles. The minimum atomic E-state index is 0. The van der Waals surface area contributed by atoms with Gasteiger partial charge in [-0.25, -0.2) is 0 Å². The van der Waals surface area contributed by atoms with E-state index < -0.39 is 0 Å². The zero-order valence-corrected chi connectivity index (χ0v) is 19.5. The number of nitrogens with zero attached hydrogens (tertiary/aromatic N) is 2. The number of pyridine rings is 1. The van der Waals surface area contributed by atoms with Crippen LogP contribution in [0.5, 0.6) is 11.5 Å². The summed E-state index contributed by atoms with van der Waals surface area (Å²) >= 11 is 0. The molecule has 6 nitrogen and oxygen atoms in total. The van der Waals surface area contributed by atoms with Crippen molar-refractivity contribution in [2.24, 2.45) is 4.99 Å². The molecule has 0 spiro atoms. The lowest BCUT2D eigenvalue weighted by Crippen LogP contribution is -2.38. The Balaban J connectivity index is 0.00000300. The zero-order chi connectivity index (χ0) is 19.6. The molecule has 1 aromatic heterocycles. The van der Waals surface area contributed by atoms with Gasteiger partial charge < -0.3 is 20.1 Å². The van der Waals surface area contributed by atoms with Crippen molar-refractivity contribution in [3.05, 3.63) is 53.9 Å². The van der Waals surface area contributed by atoms with Crippen LogP contribution in [0.15, 0.2) is 47.6 Å². The number of benzene rings is 1. The third-order valence-electron chi connectivity index (χ3n) is 4.94. The molecule has 0 amide bonds. The van der Waals surface area contributed by atoms with Gasteiger partial charge in [-0.2, -0.15) is 0 Å². The molecule has 158 valence electrons. The molecule has 1 aromatic carbocycles.